The summed E-state index contributed by atoms with van der Waals surface area (Å²) in [5.41, 5.74) is 0.908. The van der Waals surface area contributed by atoms with E-state index < -0.39 is 12.4 Å². The van der Waals surface area contributed by atoms with Gasteiger partial charge in [-0.15, -0.1) is 11.8 Å². The predicted octanol–water partition coefficient (Wildman–Crippen LogP) is 4.31. The Morgan fingerprint density at radius 3 is 2.64 bits per heavy atom. The van der Waals surface area contributed by atoms with Crippen molar-refractivity contribution in [2.75, 3.05) is 18.2 Å². The Labute approximate surface area is 147 Å². The van der Waals surface area contributed by atoms with E-state index in [-0.39, 0.29) is 28.8 Å². The van der Waals surface area contributed by atoms with Crippen LogP contribution in [-0.2, 0) is 10.5 Å². The summed E-state index contributed by atoms with van der Waals surface area (Å²) in [6.45, 7) is -2.93. The van der Waals surface area contributed by atoms with Gasteiger partial charge in [0.1, 0.15) is 5.82 Å². The number of alkyl halides is 2. The number of halogens is 3. The number of carbonyl (C=O) groups excluding carboxylic acids is 1. The second kappa shape index (κ2) is 9.22. The van der Waals surface area contributed by atoms with Crippen LogP contribution in [-0.4, -0.2) is 25.4 Å². The van der Waals surface area contributed by atoms with E-state index in [4.69, 9.17) is 4.74 Å². The Balaban J connectivity index is 1.87. The van der Waals surface area contributed by atoms with E-state index in [0.29, 0.717) is 5.75 Å². The van der Waals surface area contributed by atoms with Crippen molar-refractivity contribution >= 4 is 23.4 Å². The summed E-state index contributed by atoms with van der Waals surface area (Å²) in [5.74, 6) is -0.125. The number of methoxy groups -OCH3 is 1. The number of thioether (sulfide) groups is 1. The molecule has 25 heavy (non-hydrogen) atoms. The molecule has 0 aliphatic carbocycles. The first-order valence-corrected chi connectivity index (χ1v) is 8.39. The van der Waals surface area contributed by atoms with E-state index in [0.717, 1.165) is 5.56 Å². The van der Waals surface area contributed by atoms with Crippen molar-refractivity contribution < 1.29 is 27.4 Å². The van der Waals surface area contributed by atoms with Crippen molar-refractivity contribution in [2.24, 2.45) is 0 Å². The lowest BCUT2D eigenvalue weighted by Gasteiger charge is -2.11. The van der Waals surface area contributed by atoms with Crippen molar-refractivity contribution in [3.05, 3.63) is 53.8 Å². The quantitative estimate of drug-likeness (QED) is 0.751. The SMILES string of the molecule is COc1cc(CSCC(=O)Nc2ccccc2F)ccc1OC(F)F. The van der Waals surface area contributed by atoms with Gasteiger partial charge in [0.2, 0.25) is 5.91 Å². The minimum absolute atomic E-state index is 0.0523. The first-order chi connectivity index (χ1) is 12.0. The second-order valence-corrected chi connectivity index (χ2v) is 5.87. The van der Waals surface area contributed by atoms with Gasteiger partial charge in [-0.2, -0.15) is 8.78 Å². The average molecular weight is 371 g/mol. The Kier molecular flexibility index (Phi) is 7.00. The molecule has 0 radical (unpaired) electrons. The maximum atomic E-state index is 13.4. The molecule has 1 amide bonds. The molecular weight excluding hydrogens is 355 g/mol. The normalized spacial score (nSPS) is 10.6. The highest BCUT2D eigenvalue weighted by Gasteiger charge is 2.12. The van der Waals surface area contributed by atoms with Gasteiger partial charge in [0.05, 0.1) is 18.6 Å². The monoisotopic (exact) mass is 371 g/mol. The zero-order valence-corrected chi connectivity index (χ0v) is 14.1. The lowest BCUT2D eigenvalue weighted by molar-refractivity contribution is -0.113. The van der Waals surface area contributed by atoms with E-state index in [2.05, 4.69) is 10.1 Å². The van der Waals surface area contributed by atoms with Crippen LogP contribution in [0.3, 0.4) is 0 Å². The zero-order chi connectivity index (χ0) is 18.2. The molecule has 0 spiro atoms. The first-order valence-electron chi connectivity index (χ1n) is 7.23. The minimum atomic E-state index is -2.93. The van der Waals surface area contributed by atoms with Crippen molar-refractivity contribution in [1.82, 2.24) is 0 Å². The zero-order valence-electron chi connectivity index (χ0n) is 13.3. The number of carbonyl (C=O) groups is 1. The van der Waals surface area contributed by atoms with E-state index >= 15 is 0 Å². The third-order valence-corrected chi connectivity index (χ3v) is 4.10. The fourth-order valence-corrected chi connectivity index (χ4v) is 2.78. The second-order valence-electron chi connectivity index (χ2n) is 4.88. The summed E-state index contributed by atoms with van der Waals surface area (Å²) in [7, 11) is 1.35. The number of anilines is 1. The van der Waals surface area contributed by atoms with Gasteiger partial charge < -0.3 is 14.8 Å². The molecule has 0 unspecified atom stereocenters. The molecule has 0 saturated carbocycles. The standard InChI is InChI=1S/C17H16F3NO3S/c1-23-15-8-11(6-7-14(15)24-17(19)20)9-25-10-16(22)21-13-5-3-2-4-12(13)18/h2-8,17H,9-10H2,1H3,(H,21,22). The molecule has 0 bridgehead atoms. The van der Waals surface area contributed by atoms with Crippen LogP contribution in [0.1, 0.15) is 5.56 Å². The smallest absolute Gasteiger partial charge is 0.387 e. The van der Waals surface area contributed by atoms with Crippen LogP contribution in [0.25, 0.3) is 0 Å². The number of benzene rings is 2. The molecule has 0 aromatic heterocycles. The van der Waals surface area contributed by atoms with Gasteiger partial charge in [0.15, 0.2) is 11.5 Å². The summed E-state index contributed by atoms with van der Waals surface area (Å²) in [6, 6.07) is 10.5. The maximum absolute atomic E-state index is 13.4. The molecule has 0 saturated heterocycles. The molecular formula is C17H16F3NO3S. The highest BCUT2D eigenvalue weighted by molar-refractivity contribution is 7.99. The number of rotatable bonds is 8. The summed E-state index contributed by atoms with van der Waals surface area (Å²) < 4.78 is 47.4. The number of ether oxygens (including phenoxy) is 2. The van der Waals surface area contributed by atoms with Gasteiger partial charge in [-0.1, -0.05) is 18.2 Å². The third-order valence-electron chi connectivity index (χ3n) is 3.09. The summed E-state index contributed by atoms with van der Waals surface area (Å²) in [4.78, 5) is 11.8. The van der Waals surface area contributed by atoms with Crippen molar-refractivity contribution in [2.45, 2.75) is 12.4 Å². The Morgan fingerprint density at radius 1 is 1.20 bits per heavy atom. The van der Waals surface area contributed by atoms with Crippen LogP contribution >= 0.6 is 11.8 Å². The van der Waals surface area contributed by atoms with Crippen LogP contribution in [0.15, 0.2) is 42.5 Å². The van der Waals surface area contributed by atoms with Crippen molar-refractivity contribution in [3.8, 4) is 11.5 Å². The van der Waals surface area contributed by atoms with E-state index in [1.807, 2.05) is 0 Å². The number of para-hydroxylation sites is 1. The highest BCUT2D eigenvalue weighted by Crippen LogP contribution is 2.30. The van der Waals surface area contributed by atoms with Gasteiger partial charge in [0, 0.05) is 5.75 Å². The van der Waals surface area contributed by atoms with Crippen molar-refractivity contribution in [3.63, 3.8) is 0 Å². The molecule has 0 heterocycles. The highest BCUT2D eigenvalue weighted by atomic mass is 32.2. The van der Waals surface area contributed by atoms with Crippen LogP contribution in [0.2, 0.25) is 0 Å². The van der Waals surface area contributed by atoms with Gasteiger partial charge in [0.25, 0.3) is 0 Å². The molecule has 4 nitrogen and oxygen atoms in total. The van der Waals surface area contributed by atoms with E-state index in [9.17, 15) is 18.0 Å². The molecule has 2 rings (SSSR count). The van der Waals surface area contributed by atoms with Gasteiger partial charge in [-0.25, -0.2) is 4.39 Å². The lowest BCUT2D eigenvalue weighted by Crippen LogP contribution is -2.15. The number of hydrogen-bond donors (Lipinski definition) is 1. The van der Waals surface area contributed by atoms with Crippen LogP contribution < -0.4 is 14.8 Å². The lowest BCUT2D eigenvalue weighted by atomic mass is 10.2. The number of hydrogen-bond acceptors (Lipinski definition) is 4. The van der Waals surface area contributed by atoms with E-state index in [1.165, 1.54) is 43.1 Å². The van der Waals surface area contributed by atoms with E-state index in [1.54, 1.807) is 18.2 Å². The average Bonchev–Trinajstić information content (AvgIpc) is 2.57. The fourth-order valence-electron chi connectivity index (χ4n) is 2.01. The first kappa shape index (κ1) is 19.0. The Hall–Kier alpha value is -2.35. The molecule has 0 fully saturated rings. The van der Waals surface area contributed by atoms with Crippen LogP contribution in [0.4, 0.5) is 18.9 Å². The summed E-state index contributed by atoms with van der Waals surface area (Å²) in [5, 5.41) is 2.49. The molecule has 0 atom stereocenters. The molecule has 2 aromatic rings. The van der Waals surface area contributed by atoms with Crippen LogP contribution in [0, 0.1) is 5.82 Å². The van der Waals surface area contributed by atoms with Gasteiger partial charge >= 0.3 is 6.61 Å². The molecule has 134 valence electrons. The largest absolute Gasteiger partial charge is 0.493 e. The van der Waals surface area contributed by atoms with Crippen LogP contribution in [0.5, 0.6) is 11.5 Å². The maximum Gasteiger partial charge on any atom is 0.387 e. The summed E-state index contributed by atoms with van der Waals surface area (Å²) >= 11 is 1.30. The molecule has 2 aromatic carbocycles. The molecule has 8 heteroatoms. The molecule has 0 aliphatic rings. The van der Waals surface area contributed by atoms with Gasteiger partial charge in [-0.05, 0) is 29.8 Å². The van der Waals surface area contributed by atoms with Crippen molar-refractivity contribution in [1.29, 1.82) is 0 Å². The minimum Gasteiger partial charge on any atom is -0.493 e. The van der Waals surface area contributed by atoms with Gasteiger partial charge in [-0.3, -0.25) is 4.79 Å². The number of nitrogens with one attached hydrogen (secondary N) is 1. The third kappa shape index (κ3) is 5.90. The molecule has 0 aliphatic heterocycles. The summed E-state index contributed by atoms with van der Waals surface area (Å²) in [6.07, 6.45) is 0. The predicted molar refractivity (Wildman–Crippen MR) is 90.8 cm³/mol. The topological polar surface area (TPSA) is 47.6 Å². The number of amides is 1. The fraction of sp³-hybridized carbons (Fsp3) is 0.235. The Morgan fingerprint density at radius 2 is 1.96 bits per heavy atom. The molecule has 1 N–H and O–H groups in total. The Bertz CT molecular complexity index is 728.